The van der Waals surface area contributed by atoms with Crippen molar-refractivity contribution in [2.75, 3.05) is 0 Å². The summed E-state index contributed by atoms with van der Waals surface area (Å²) in [6.45, 7) is 1.95. The molecule has 0 spiro atoms. The summed E-state index contributed by atoms with van der Waals surface area (Å²) in [5.41, 5.74) is 1.61. The molecule has 2 rings (SSSR count). The van der Waals surface area contributed by atoms with Crippen LogP contribution in [0.3, 0.4) is 0 Å². The molecule has 1 aromatic rings. The molecule has 1 amide bonds. The van der Waals surface area contributed by atoms with Gasteiger partial charge in [0.05, 0.1) is 11.5 Å². The number of halogens is 1. The maximum absolute atomic E-state index is 12.3. The SMILES string of the molecule is Cc1ccc(C(=O)NC2CCCCC2C(=O)O)c(Br)c1. The Labute approximate surface area is 126 Å². The van der Waals surface area contributed by atoms with Crippen molar-refractivity contribution >= 4 is 27.8 Å². The highest BCUT2D eigenvalue weighted by atomic mass is 79.9. The van der Waals surface area contributed by atoms with E-state index in [-0.39, 0.29) is 11.9 Å². The molecule has 5 heteroatoms. The molecule has 0 aromatic heterocycles. The molecule has 4 nitrogen and oxygen atoms in total. The minimum absolute atomic E-state index is 0.213. The van der Waals surface area contributed by atoms with Gasteiger partial charge in [0, 0.05) is 10.5 Å². The van der Waals surface area contributed by atoms with Gasteiger partial charge in [-0.15, -0.1) is 0 Å². The number of aliphatic carboxylic acids is 1. The minimum Gasteiger partial charge on any atom is -0.481 e. The Hall–Kier alpha value is -1.36. The second-order valence-corrected chi connectivity index (χ2v) is 6.15. The van der Waals surface area contributed by atoms with Gasteiger partial charge >= 0.3 is 5.97 Å². The second-order valence-electron chi connectivity index (χ2n) is 5.29. The molecule has 0 saturated heterocycles. The largest absolute Gasteiger partial charge is 0.481 e. The third-order valence-corrected chi connectivity index (χ3v) is 4.42. The molecule has 108 valence electrons. The van der Waals surface area contributed by atoms with Crippen molar-refractivity contribution in [2.45, 2.75) is 38.6 Å². The smallest absolute Gasteiger partial charge is 0.308 e. The van der Waals surface area contributed by atoms with Gasteiger partial charge in [-0.1, -0.05) is 18.9 Å². The molecule has 2 unspecified atom stereocenters. The van der Waals surface area contributed by atoms with Gasteiger partial charge in [-0.05, 0) is 53.4 Å². The first-order valence-corrected chi connectivity index (χ1v) is 7.58. The standard InChI is InChI=1S/C15H18BrNO3/c1-9-6-7-10(12(16)8-9)14(18)17-13-5-3-2-4-11(13)15(19)20/h6-8,11,13H,2-5H2,1H3,(H,17,18)(H,19,20). The maximum Gasteiger partial charge on any atom is 0.308 e. The quantitative estimate of drug-likeness (QED) is 0.888. The summed E-state index contributed by atoms with van der Waals surface area (Å²) in [5.74, 6) is -1.51. The summed E-state index contributed by atoms with van der Waals surface area (Å²) in [6, 6.07) is 5.23. The average Bonchev–Trinajstić information content (AvgIpc) is 2.38. The van der Waals surface area contributed by atoms with Crippen molar-refractivity contribution < 1.29 is 14.7 Å². The van der Waals surface area contributed by atoms with Crippen molar-refractivity contribution in [3.63, 3.8) is 0 Å². The van der Waals surface area contributed by atoms with Crippen LogP contribution < -0.4 is 5.32 Å². The molecule has 1 saturated carbocycles. The lowest BCUT2D eigenvalue weighted by atomic mass is 9.84. The van der Waals surface area contributed by atoms with Gasteiger partial charge in [-0.2, -0.15) is 0 Å². The van der Waals surface area contributed by atoms with Crippen LogP contribution in [0.2, 0.25) is 0 Å². The predicted octanol–water partition coefficient (Wildman–Crippen LogP) is 3.13. The fraction of sp³-hybridized carbons (Fsp3) is 0.467. The molecule has 2 atom stereocenters. The minimum atomic E-state index is -0.821. The van der Waals surface area contributed by atoms with E-state index >= 15 is 0 Å². The van der Waals surface area contributed by atoms with E-state index < -0.39 is 11.9 Å². The highest BCUT2D eigenvalue weighted by Crippen LogP contribution is 2.26. The molecule has 2 N–H and O–H groups in total. The number of carbonyl (C=O) groups is 2. The molecule has 0 bridgehead atoms. The third kappa shape index (κ3) is 3.39. The number of aryl methyl sites for hydroxylation is 1. The van der Waals surface area contributed by atoms with Gasteiger partial charge in [0.2, 0.25) is 0 Å². The molecule has 1 aliphatic carbocycles. The molecule has 0 heterocycles. The first kappa shape index (κ1) is 15.0. The van der Waals surface area contributed by atoms with Crippen molar-refractivity contribution in [3.05, 3.63) is 33.8 Å². The normalized spacial score (nSPS) is 22.3. The second kappa shape index (κ2) is 6.39. The lowest BCUT2D eigenvalue weighted by molar-refractivity contribution is -0.143. The summed E-state index contributed by atoms with van der Waals surface area (Å²) in [7, 11) is 0. The molecule has 20 heavy (non-hydrogen) atoms. The van der Waals surface area contributed by atoms with Crippen molar-refractivity contribution in [3.8, 4) is 0 Å². The van der Waals surface area contributed by atoms with Gasteiger partial charge in [0.15, 0.2) is 0 Å². The van der Waals surface area contributed by atoms with E-state index in [2.05, 4.69) is 21.2 Å². The van der Waals surface area contributed by atoms with Gasteiger partial charge in [0.25, 0.3) is 5.91 Å². The zero-order chi connectivity index (χ0) is 14.7. The number of amides is 1. The van der Waals surface area contributed by atoms with E-state index in [1.807, 2.05) is 19.1 Å². The Bertz CT molecular complexity index is 530. The van der Waals surface area contributed by atoms with Crippen molar-refractivity contribution in [1.82, 2.24) is 5.32 Å². The van der Waals surface area contributed by atoms with Crippen LogP contribution in [0.25, 0.3) is 0 Å². The van der Waals surface area contributed by atoms with Crippen LogP contribution in [-0.2, 0) is 4.79 Å². The molecular weight excluding hydrogens is 322 g/mol. The van der Waals surface area contributed by atoms with E-state index in [4.69, 9.17) is 0 Å². The van der Waals surface area contributed by atoms with Gasteiger partial charge in [-0.25, -0.2) is 0 Å². The fourth-order valence-electron chi connectivity index (χ4n) is 2.65. The maximum atomic E-state index is 12.3. The number of nitrogens with one attached hydrogen (secondary N) is 1. The first-order valence-electron chi connectivity index (χ1n) is 6.79. The molecule has 0 radical (unpaired) electrons. The summed E-state index contributed by atoms with van der Waals surface area (Å²) in [6.07, 6.45) is 3.24. The van der Waals surface area contributed by atoms with Crippen LogP contribution in [0.15, 0.2) is 22.7 Å². The Morgan fingerprint density at radius 3 is 2.65 bits per heavy atom. The summed E-state index contributed by atoms with van der Waals surface area (Å²) in [4.78, 5) is 23.5. The Kier molecular flexibility index (Phi) is 4.81. The van der Waals surface area contributed by atoms with E-state index in [1.54, 1.807) is 6.07 Å². The Balaban J connectivity index is 2.11. The molecule has 1 aliphatic rings. The van der Waals surface area contributed by atoms with Crippen molar-refractivity contribution in [1.29, 1.82) is 0 Å². The predicted molar refractivity (Wildman–Crippen MR) is 79.7 cm³/mol. The van der Waals surface area contributed by atoms with Crippen LogP contribution in [0.1, 0.15) is 41.6 Å². The Morgan fingerprint density at radius 1 is 1.30 bits per heavy atom. The summed E-state index contributed by atoms with van der Waals surface area (Å²) < 4.78 is 0.734. The van der Waals surface area contributed by atoms with E-state index in [9.17, 15) is 14.7 Å². The lowest BCUT2D eigenvalue weighted by Gasteiger charge is -2.29. The van der Waals surface area contributed by atoms with E-state index in [1.165, 1.54) is 0 Å². The Morgan fingerprint density at radius 2 is 2.00 bits per heavy atom. The molecule has 1 fully saturated rings. The van der Waals surface area contributed by atoms with Crippen LogP contribution in [0, 0.1) is 12.8 Å². The summed E-state index contributed by atoms with van der Waals surface area (Å²) >= 11 is 3.38. The number of hydrogen-bond acceptors (Lipinski definition) is 2. The van der Waals surface area contributed by atoms with Crippen LogP contribution in [0.5, 0.6) is 0 Å². The number of hydrogen-bond donors (Lipinski definition) is 2. The zero-order valence-corrected chi connectivity index (χ0v) is 12.9. The number of carboxylic acid groups (broad SMARTS) is 1. The van der Waals surface area contributed by atoms with Gasteiger partial charge < -0.3 is 10.4 Å². The fourth-order valence-corrected chi connectivity index (χ4v) is 3.32. The number of rotatable bonds is 3. The van der Waals surface area contributed by atoms with Crippen molar-refractivity contribution in [2.24, 2.45) is 5.92 Å². The number of carbonyl (C=O) groups excluding carboxylic acids is 1. The topological polar surface area (TPSA) is 66.4 Å². The average molecular weight is 340 g/mol. The molecule has 0 aliphatic heterocycles. The third-order valence-electron chi connectivity index (χ3n) is 3.77. The highest BCUT2D eigenvalue weighted by Gasteiger charge is 2.32. The van der Waals surface area contributed by atoms with E-state index in [0.29, 0.717) is 12.0 Å². The first-order chi connectivity index (χ1) is 9.49. The monoisotopic (exact) mass is 339 g/mol. The highest BCUT2D eigenvalue weighted by molar-refractivity contribution is 9.10. The summed E-state index contributed by atoms with van der Waals surface area (Å²) in [5, 5.41) is 12.1. The zero-order valence-electron chi connectivity index (χ0n) is 11.4. The molecule has 1 aromatic carbocycles. The van der Waals surface area contributed by atoms with Crippen LogP contribution in [-0.4, -0.2) is 23.0 Å². The van der Waals surface area contributed by atoms with E-state index in [0.717, 1.165) is 29.3 Å². The molecular formula is C15H18BrNO3. The number of carboxylic acids is 1. The van der Waals surface area contributed by atoms with Gasteiger partial charge in [0.1, 0.15) is 0 Å². The van der Waals surface area contributed by atoms with Crippen LogP contribution in [0.4, 0.5) is 0 Å². The van der Waals surface area contributed by atoms with Crippen LogP contribution >= 0.6 is 15.9 Å². The van der Waals surface area contributed by atoms with Gasteiger partial charge in [-0.3, -0.25) is 9.59 Å². The lowest BCUT2D eigenvalue weighted by Crippen LogP contribution is -2.45. The number of benzene rings is 1.